The molecule has 0 radical (unpaired) electrons. The van der Waals surface area contributed by atoms with Gasteiger partial charge in [0, 0.05) is 23.4 Å². The molecule has 1 aliphatic rings. The molecule has 2 amide bonds. The quantitative estimate of drug-likeness (QED) is 0.715. The van der Waals surface area contributed by atoms with E-state index < -0.39 is 0 Å². The van der Waals surface area contributed by atoms with E-state index in [1.807, 2.05) is 36.4 Å². The standard InChI is InChI=1S/C22H18N2O4/c25-21(23-13-15-6-11-19-20(12-15)28-14-27-19)17-7-9-18(10-8-17)24-22(26)16-4-2-1-3-5-16/h1-12H,13-14H2,(H,23,25)(H,24,26). The summed E-state index contributed by atoms with van der Waals surface area (Å²) in [7, 11) is 0. The molecular formula is C22H18N2O4. The smallest absolute Gasteiger partial charge is 0.255 e. The summed E-state index contributed by atoms with van der Waals surface area (Å²) in [6.07, 6.45) is 0. The van der Waals surface area contributed by atoms with Gasteiger partial charge in [-0.2, -0.15) is 0 Å². The fourth-order valence-electron chi connectivity index (χ4n) is 2.83. The van der Waals surface area contributed by atoms with Gasteiger partial charge in [0.15, 0.2) is 11.5 Å². The van der Waals surface area contributed by atoms with Crippen LogP contribution in [0.1, 0.15) is 26.3 Å². The maximum absolute atomic E-state index is 12.4. The van der Waals surface area contributed by atoms with Gasteiger partial charge in [-0.25, -0.2) is 0 Å². The Balaban J connectivity index is 1.34. The van der Waals surface area contributed by atoms with E-state index in [2.05, 4.69) is 10.6 Å². The molecule has 4 rings (SSSR count). The lowest BCUT2D eigenvalue weighted by atomic mass is 10.1. The van der Waals surface area contributed by atoms with Gasteiger partial charge in [0.05, 0.1) is 0 Å². The molecule has 6 heteroatoms. The summed E-state index contributed by atoms with van der Waals surface area (Å²) in [6, 6.07) is 21.3. The zero-order valence-electron chi connectivity index (χ0n) is 15.0. The molecule has 1 heterocycles. The van der Waals surface area contributed by atoms with E-state index in [-0.39, 0.29) is 18.6 Å². The van der Waals surface area contributed by atoms with Crippen molar-refractivity contribution < 1.29 is 19.1 Å². The van der Waals surface area contributed by atoms with Crippen LogP contribution in [-0.2, 0) is 6.54 Å². The summed E-state index contributed by atoms with van der Waals surface area (Å²) in [6.45, 7) is 0.597. The van der Waals surface area contributed by atoms with Crippen LogP contribution in [0.15, 0.2) is 72.8 Å². The molecule has 3 aromatic carbocycles. The number of benzene rings is 3. The SMILES string of the molecule is O=C(NCc1ccc2c(c1)OCO2)c1ccc(NC(=O)c2ccccc2)cc1. The highest BCUT2D eigenvalue weighted by molar-refractivity contribution is 6.04. The number of nitrogens with one attached hydrogen (secondary N) is 2. The first-order valence-corrected chi connectivity index (χ1v) is 8.82. The molecule has 0 spiro atoms. The molecule has 0 atom stereocenters. The summed E-state index contributed by atoms with van der Waals surface area (Å²) >= 11 is 0. The molecule has 0 aromatic heterocycles. The Morgan fingerprint density at radius 3 is 2.29 bits per heavy atom. The van der Waals surface area contributed by atoms with Gasteiger partial charge >= 0.3 is 0 Å². The highest BCUT2D eigenvalue weighted by Gasteiger charge is 2.14. The van der Waals surface area contributed by atoms with Crippen LogP contribution in [0.25, 0.3) is 0 Å². The van der Waals surface area contributed by atoms with Crippen molar-refractivity contribution in [2.45, 2.75) is 6.54 Å². The number of fused-ring (bicyclic) bond motifs is 1. The van der Waals surface area contributed by atoms with Crippen LogP contribution in [0.3, 0.4) is 0 Å². The molecule has 0 bridgehead atoms. The molecular weight excluding hydrogens is 356 g/mol. The van der Waals surface area contributed by atoms with Crippen LogP contribution in [0, 0.1) is 0 Å². The first-order valence-electron chi connectivity index (χ1n) is 8.82. The normalized spacial score (nSPS) is 11.7. The molecule has 6 nitrogen and oxygen atoms in total. The van der Waals surface area contributed by atoms with Gasteiger partial charge in [-0.3, -0.25) is 9.59 Å². The predicted octanol–water partition coefficient (Wildman–Crippen LogP) is 3.60. The van der Waals surface area contributed by atoms with E-state index in [4.69, 9.17) is 9.47 Å². The van der Waals surface area contributed by atoms with Gasteiger partial charge in [0.25, 0.3) is 11.8 Å². The van der Waals surface area contributed by atoms with Gasteiger partial charge in [-0.15, -0.1) is 0 Å². The zero-order chi connectivity index (χ0) is 19.3. The highest BCUT2D eigenvalue weighted by Crippen LogP contribution is 2.32. The van der Waals surface area contributed by atoms with Crippen molar-refractivity contribution in [1.82, 2.24) is 5.32 Å². The first kappa shape index (κ1) is 17.6. The third-order valence-corrected chi connectivity index (χ3v) is 4.33. The van der Waals surface area contributed by atoms with Crippen LogP contribution in [0.4, 0.5) is 5.69 Å². The van der Waals surface area contributed by atoms with Crippen molar-refractivity contribution in [2.24, 2.45) is 0 Å². The average Bonchev–Trinajstić information content (AvgIpc) is 3.21. The minimum atomic E-state index is -0.196. The van der Waals surface area contributed by atoms with E-state index >= 15 is 0 Å². The van der Waals surface area contributed by atoms with E-state index in [1.54, 1.807) is 36.4 Å². The van der Waals surface area contributed by atoms with E-state index in [0.717, 1.165) is 5.56 Å². The van der Waals surface area contributed by atoms with Gasteiger partial charge in [-0.1, -0.05) is 24.3 Å². The van der Waals surface area contributed by atoms with Crippen LogP contribution in [-0.4, -0.2) is 18.6 Å². The van der Waals surface area contributed by atoms with Crippen LogP contribution in [0.2, 0.25) is 0 Å². The Morgan fingerprint density at radius 2 is 1.50 bits per heavy atom. The fourth-order valence-corrected chi connectivity index (χ4v) is 2.83. The number of amides is 2. The molecule has 0 fully saturated rings. The van der Waals surface area contributed by atoms with Crippen molar-refractivity contribution in [3.63, 3.8) is 0 Å². The van der Waals surface area contributed by atoms with Crippen molar-refractivity contribution >= 4 is 17.5 Å². The van der Waals surface area contributed by atoms with Crippen LogP contribution < -0.4 is 20.1 Å². The number of rotatable bonds is 5. The second kappa shape index (κ2) is 7.84. The molecule has 0 saturated carbocycles. The molecule has 28 heavy (non-hydrogen) atoms. The van der Waals surface area contributed by atoms with Crippen molar-refractivity contribution in [2.75, 3.05) is 12.1 Å². The van der Waals surface area contributed by atoms with E-state index in [0.29, 0.717) is 34.9 Å². The molecule has 0 saturated heterocycles. The number of carbonyl (C=O) groups is 2. The Kier molecular flexibility index (Phi) is 4.93. The van der Waals surface area contributed by atoms with Crippen molar-refractivity contribution in [1.29, 1.82) is 0 Å². The Morgan fingerprint density at radius 1 is 0.786 bits per heavy atom. The van der Waals surface area contributed by atoms with E-state index in [1.165, 1.54) is 0 Å². The second-order valence-corrected chi connectivity index (χ2v) is 6.27. The molecule has 0 aliphatic carbocycles. The predicted molar refractivity (Wildman–Crippen MR) is 105 cm³/mol. The molecule has 1 aliphatic heterocycles. The lowest BCUT2D eigenvalue weighted by molar-refractivity contribution is 0.0950. The maximum atomic E-state index is 12.4. The number of hydrogen-bond acceptors (Lipinski definition) is 4. The molecule has 3 aromatic rings. The third kappa shape index (κ3) is 3.96. The van der Waals surface area contributed by atoms with Crippen molar-refractivity contribution in [3.8, 4) is 11.5 Å². The minimum Gasteiger partial charge on any atom is -0.454 e. The number of anilines is 1. The lowest BCUT2D eigenvalue weighted by Crippen LogP contribution is -2.22. The number of ether oxygens (including phenoxy) is 2. The Labute approximate surface area is 162 Å². The summed E-state index contributed by atoms with van der Waals surface area (Å²) in [4.78, 5) is 24.5. The molecule has 0 unspecified atom stereocenters. The largest absolute Gasteiger partial charge is 0.454 e. The number of carbonyl (C=O) groups excluding carboxylic acids is 2. The first-order chi connectivity index (χ1) is 13.7. The lowest BCUT2D eigenvalue weighted by Gasteiger charge is -2.08. The second-order valence-electron chi connectivity index (χ2n) is 6.27. The molecule has 2 N–H and O–H groups in total. The van der Waals surface area contributed by atoms with Crippen LogP contribution in [0.5, 0.6) is 11.5 Å². The summed E-state index contributed by atoms with van der Waals surface area (Å²) < 4.78 is 10.6. The summed E-state index contributed by atoms with van der Waals surface area (Å²) in [5, 5.41) is 5.68. The maximum Gasteiger partial charge on any atom is 0.255 e. The van der Waals surface area contributed by atoms with Gasteiger partial charge < -0.3 is 20.1 Å². The van der Waals surface area contributed by atoms with Crippen molar-refractivity contribution in [3.05, 3.63) is 89.5 Å². The van der Waals surface area contributed by atoms with Crippen LogP contribution >= 0.6 is 0 Å². The Hall–Kier alpha value is -3.80. The molecule has 140 valence electrons. The summed E-state index contributed by atoms with van der Waals surface area (Å²) in [5.74, 6) is 1.01. The van der Waals surface area contributed by atoms with Gasteiger partial charge in [0.1, 0.15) is 0 Å². The fraction of sp³-hybridized carbons (Fsp3) is 0.0909. The third-order valence-electron chi connectivity index (χ3n) is 4.33. The van der Waals surface area contributed by atoms with Gasteiger partial charge in [-0.05, 0) is 54.1 Å². The van der Waals surface area contributed by atoms with Gasteiger partial charge in [0.2, 0.25) is 6.79 Å². The summed E-state index contributed by atoms with van der Waals surface area (Å²) in [5.41, 5.74) is 2.64. The Bertz CT molecular complexity index is 1000. The average molecular weight is 374 g/mol. The number of hydrogen-bond donors (Lipinski definition) is 2. The monoisotopic (exact) mass is 374 g/mol. The minimum absolute atomic E-state index is 0.194. The highest BCUT2D eigenvalue weighted by atomic mass is 16.7. The van der Waals surface area contributed by atoms with E-state index in [9.17, 15) is 9.59 Å². The zero-order valence-corrected chi connectivity index (χ0v) is 15.0. The topological polar surface area (TPSA) is 76.7 Å².